The van der Waals surface area contributed by atoms with Gasteiger partial charge in [0.05, 0.1) is 5.56 Å². The first-order valence-electron chi connectivity index (χ1n) is 5.20. The molecule has 0 atom stereocenters. The van der Waals surface area contributed by atoms with E-state index in [2.05, 4.69) is 4.98 Å². The second-order valence-electron chi connectivity index (χ2n) is 3.80. The molecular weight excluding hydrogens is 178 g/mol. The summed E-state index contributed by atoms with van der Waals surface area (Å²) in [5.74, 6) is -0.777. The average molecular weight is 193 g/mol. The van der Waals surface area contributed by atoms with Gasteiger partial charge in [-0.25, -0.2) is 4.79 Å². The van der Waals surface area contributed by atoms with Gasteiger partial charge >= 0.3 is 5.97 Å². The Morgan fingerprint density at radius 1 is 1.43 bits per heavy atom. The van der Waals surface area contributed by atoms with Crippen LogP contribution < -0.4 is 0 Å². The number of aromatic amines is 1. The molecule has 0 saturated carbocycles. The Hall–Kier alpha value is -1.25. The Morgan fingerprint density at radius 2 is 2.14 bits per heavy atom. The number of carboxylic acids is 1. The van der Waals surface area contributed by atoms with Gasteiger partial charge in [-0.05, 0) is 37.7 Å². The Bertz CT molecular complexity index is 366. The standard InChI is InChI=1S/C11H15NO2/c1-2-8-10(11(13)14)7-5-3-4-6-9(7)12-8/h12H,2-6H2,1H3,(H,13,14). The number of aromatic nitrogens is 1. The van der Waals surface area contributed by atoms with Crippen LogP contribution in [0.1, 0.15) is 47.1 Å². The smallest absolute Gasteiger partial charge is 0.337 e. The van der Waals surface area contributed by atoms with E-state index in [4.69, 9.17) is 5.11 Å². The van der Waals surface area contributed by atoms with Crippen LogP contribution in [0.25, 0.3) is 0 Å². The molecule has 2 rings (SSSR count). The molecule has 0 radical (unpaired) electrons. The van der Waals surface area contributed by atoms with E-state index >= 15 is 0 Å². The highest BCUT2D eigenvalue weighted by molar-refractivity contribution is 5.91. The molecule has 3 nitrogen and oxygen atoms in total. The first-order valence-corrected chi connectivity index (χ1v) is 5.20. The van der Waals surface area contributed by atoms with Gasteiger partial charge in [-0.1, -0.05) is 6.92 Å². The number of rotatable bonds is 2. The predicted octanol–water partition coefficient (Wildman–Crippen LogP) is 2.15. The van der Waals surface area contributed by atoms with Crippen LogP contribution in [-0.2, 0) is 19.3 Å². The van der Waals surface area contributed by atoms with Crippen molar-refractivity contribution in [1.29, 1.82) is 0 Å². The van der Waals surface area contributed by atoms with Gasteiger partial charge in [-0.3, -0.25) is 0 Å². The van der Waals surface area contributed by atoms with Crippen LogP contribution in [-0.4, -0.2) is 16.1 Å². The highest BCUT2D eigenvalue weighted by Crippen LogP contribution is 2.27. The quantitative estimate of drug-likeness (QED) is 0.756. The van der Waals surface area contributed by atoms with Gasteiger partial charge in [0, 0.05) is 11.4 Å². The molecule has 0 aliphatic heterocycles. The van der Waals surface area contributed by atoms with Crippen LogP contribution in [0.3, 0.4) is 0 Å². The lowest BCUT2D eigenvalue weighted by molar-refractivity contribution is 0.0694. The fraction of sp³-hybridized carbons (Fsp3) is 0.545. The topological polar surface area (TPSA) is 53.1 Å². The van der Waals surface area contributed by atoms with Gasteiger partial charge in [0.15, 0.2) is 0 Å². The molecule has 0 bridgehead atoms. The van der Waals surface area contributed by atoms with Gasteiger partial charge in [-0.15, -0.1) is 0 Å². The molecule has 0 saturated heterocycles. The Morgan fingerprint density at radius 3 is 2.79 bits per heavy atom. The van der Waals surface area contributed by atoms with Crippen molar-refractivity contribution >= 4 is 5.97 Å². The largest absolute Gasteiger partial charge is 0.478 e. The minimum atomic E-state index is -0.777. The van der Waals surface area contributed by atoms with E-state index in [0.717, 1.165) is 42.6 Å². The lowest BCUT2D eigenvalue weighted by Crippen LogP contribution is -2.06. The number of hydrogen-bond acceptors (Lipinski definition) is 1. The van der Waals surface area contributed by atoms with E-state index in [1.54, 1.807) is 0 Å². The highest BCUT2D eigenvalue weighted by atomic mass is 16.4. The summed E-state index contributed by atoms with van der Waals surface area (Å²) >= 11 is 0. The molecule has 1 aromatic heterocycles. The molecule has 0 unspecified atom stereocenters. The molecule has 3 heteroatoms. The van der Waals surface area contributed by atoms with E-state index in [0.29, 0.717) is 5.56 Å². The molecule has 0 aromatic carbocycles. The Labute approximate surface area is 83.1 Å². The van der Waals surface area contributed by atoms with Crippen LogP contribution in [0, 0.1) is 0 Å². The van der Waals surface area contributed by atoms with Crippen LogP contribution in [0.2, 0.25) is 0 Å². The van der Waals surface area contributed by atoms with Crippen molar-refractivity contribution in [2.75, 3.05) is 0 Å². The van der Waals surface area contributed by atoms with Crippen molar-refractivity contribution in [1.82, 2.24) is 4.98 Å². The molecule has 14 heavy (non-hydrogen) atoms. The molecule has 1 aliphatic carbocycles. The lowest BCUT2D eigenvalue weighted by Gasteiger charge is -2.10. The summed E-state index contributed by atoms with van der Waals surface area (Å²) in [6, 6.07) is 0. The molecule has 1 aliphatic rings. The summed E-state index contributed by atoms with van der Waals surface area (Å²) in [4.78, 5) is 14.3. The van der Waals surface area contributed by atoms with E-state index in [1.807, 2.05) is 6.92 Å². The molecule has 0 spiro atoms. The van der Waals surface area contributed by atoms with Crippen molar-refractivity contribution in [2.45, 2.75) is 39.0 Å². The van der Waals surface area contributed by atoms with Crippen molar-refractivity contribution in [3.8, 4) is 0 Å². The molecular formula is C11H15NO2. The van der Waals surface area contributed by atoms with E-state index in [-0.39, 0.29) is 0 Å². The fourth-order valence-electron chi connectivity index (χ4n) is 2.27. The summed E-state index contributed by atoms with van der Waals surface area (Å²) in [7, 11) is 0. The van der Waals surface area contributed by atoms with Crippen molar-refractivity contribution in [3.63, 3.8) is 0 Å². The zero-order valence-corrected chi connectivity index (χ0v) is 8.39. The van der Waals surface area contributed by atoms with Crippen LogP contribution >= 0.6 is 0 Å². The van der Waals surface area contributed by atoms with Crippen molar-refractivity contribution in [2.24, 2.45) is 0 Å². The maximum atomic E-state index is 11.1. The van der Waals surface area contributed by atoms with Gasteiger partial charge in [0.25, 0.3) is 0 Å². The molecule has 0 fully saturated rings. The second-order valence-corrected chi connectivity index (χ2v) is 3.80. The number of aromatic carboxylic acids is 1. The van der Waals surface area contributed by atoms with Crippen molar-refractivity contribution < 1.29 is 9.90 Å². The number of H-pyrrole nitrogens is 1. The molecule has 2 N–H and O–H groups in total. The first kappa shape index (κ1) is 9.31. The van der Waals surface area contributed by atoms with Gasteiger partial charge < -0.3 is 10.1 Å². The van der Waals surface area contributed by atoms with Gasteiger partial charge in [-0.2, -0.15) is 0 Å². The molecule has 0 amide bonds. The zero-order valence-electron chi connectivity index (χ0n) is 8.39. The molecule has 1 heterocycles. The number of aryl methyl sites for hydroxylation is 2. The third-order valence-corrected chi connectivity index (χ3v) is 2.94. The average Bonchev–Trinajstić information content (AvgIpc) is 2.55. The normalized spacial score (nSPS) is 15.2. The van der Waals surface area contributed by atoms with Crippen LogP contribution in [0.4, 0.5) is 0 Å². The van der Waals surface area contributed by atoms with Gasteiger partial charge in [0.2, 0.25) is 0 Å². The summed E-state index contributed by atoms with van der Waals surface area (Å²) in [5, 5.41) is 9.12. The third-order valence-electron chi connectivity index (χ3n) is 2.94. The minimum Gasteiger partial charge on any atom is -0.478 e. The number of nitrogens with one attached hydrogen (secondary N) is 1. The SMILES string of the molecule is CCc1[nH]c2c(c1C(=O)O)CCCC2. The summed E-state index contributed by atoms with van der Waals surface area (Å²) in [5.41, 5.74) is 3.65. The third kappa shape index (κ3) is 1.33. The number of carboxylic acid groups (broad SMARTS) is 1. The summed E-state index contributed by atoms with van der Waals surface area (Å²) < 4.78 is 0. The fourth-order valence-corrected chi connectivity index (χ4v) is 2.27. The maximum absolute atomic E-state index is 11.1. The summed E-state index contributed by atoms with van der Waals surface area (Å²) in [6.45, 7) is 1.99. The predicted molar refractivity (Wildman–Crippen MR) is 53.8 cm³/mol. The van der Waals surface area contributed by atoms with Gasteiger partial charge in [0.1, 0.15) is 0 Å². The first-order chi connectivity index (χ1) is 6.74. The highest BCUT2D eigenvalue weighted by Gasteiger charge is 2.23. The van der Waals surface area contributed by atoms with Crippen LogP contribution in [0.5, 0.6) is 0 Å². The van der Waals surface area contributed by atoms with E-state index in [9.17, 15) is 4.79 Å². The molecule has 1 aromatic rings. The second kappa shape index (κ2) is 3.48. The monoisotopic (exact) mass is 193 g/mol. The Kier molecular flexibility index (Phi) is 2.32. The minimum absolute atomic E-state index is 0.544. The zero-order chi connectivity index (χ0) is 10.1. The van der Waals surface area contributed by atoms with Crippen LogP contribution in [0.15, 0.2) is 0 Å². The van der Waals surface area contributed by atoms with Crippen molar-refractivity contribution in [3.05, 3.63) is 22.5 Å². The lowest BCUT2D eigenvalue weighted by atomic mass is 9.94. The van der Waals surface area contributed by atoms with E-state index in [1.165, 1.54) is 6.42 Å². The molecule has 76 valence electrons. The maximum Gasteiger partial charge on any atom is 0.337 e. The number of fused-ring (bicyclic) bond motifs is 1. The number of carbonyl (C=O) groups is 1. The summed E-state index contributed by atoms with van der Waals surface area (Å²) in [6.07, 6.45) is 5.00. The van der Waals surface area contributed by atoms with E-state index < -0.39 is 5.97 Å². The number of hydrogen-bond donors (Lipinski definition) is 2. The Balaban J connectivity index is 2.53.